The van der Waals surface area contributed by atoms with E-state index in [9.17, 15) is 0 Å². The van der Waals surface area contributed by atoms with Gasteiger partial charge in [-0.25, -0.2) is 9.97 Å². The lowest BCUT2D eigenvalue weighted by Crippen LogP contribution is -2.08. The summed E-state index contributed by atoms with van der Waals surface area (Å²) < 4.78 is 6.08. The second-order valence-corrected chi connectivity index (χ2v) is 6.03. The van der Waals surface area contributed by atoms with E-state index < -0.39 is 0 Å². The highest BCUT2D eigenvalue weighted by atomic mass is 79.9. The number of methoxy groups -OCH3 is 1. The van der Waals surface area contributed by atoms with E-state index >= 15 is 0 Å². The molecule has 0 spiro atoms. The van der Waals surface area contributed by atoms with Crippen LogP contribution in [0.4, 0.5) is 0 Å². The maximum atomic E-state index is 6.27. The molecule has 0 N–H and O–H groups in total. The molecule has 2 aromatic rings. The molecule has 0 radical (unpaired) electrons. The molecule has 0 saturated heterocycles. The minimum atomic E-state index is 0.0361. The standard InChI is InChI=1S/C14H13BrCl2N2O/c1-8(7-20-2)14-18-12(16)11(13(17)19-14)9-3-5-10(15)6-4-9/h3-6,8H,7H2,1-2H3. The maximum absolute atomic E-state index is 6.27. The average Bonchev–Trinajstić information content (AvgIpc) is 2.40. The summed E-state index contributed by atoms with van der Waals surface area (Å²) in [6, 6.07) is 7.67. The zero-order chi connectivity index (χ0) is 14.7. The Morgan fingerprint density at radius 3 is 2.20 bits per heavy atom. The normalized spacial score (nSPS) is 12.4. The molecule has 1 aromatic carbocycles. The van der Waals surface area contributed by atoms with Gasteiger partial charge in [0.2, 0.25) is 0 Å². The zero-order valence-electron chi connectivity index (χ0n) is 11.0. The second kappa shape index (κ2) is 6.85. The predicted molar refractivity (Wildman–Crippen MR) is 85.5 cm³/mol. The van der Waals surface area contributed by atoms with Crippen molar-refractivity contribution in [3.8, 4) is 11.1 Å². The van der Waals surface area contributed by atoms with E-state index in [-0.39, 0.29) is 5.92 Å². The van der Waals surface area contributed by atoms with Crippen molar-refractivity contribution in [1.82, 2.24) is 9.97 Å². The molecule has 0 saturated carbocycles. The lowest BCUT2D eigenvalue weighted by atomic mass is 10.1. The van der Waals surface area contributed by atoms with Crippen molar-refractivity contribution in [2.24, 2.45) is 0 Å². The Morgan fingerprint density at radius 2 is 1.70 bits per heavy atom. The van der Waals surface area contributed by atoms with E-state index in [1.807, 2.05) is 31.2 Å². The molecule has 0 aliphatic rings. The van der Waals surface area contributed by atoms with E-state index in [2.05, 4.69) is 25.9 Å². The van der Waals surface area contributed by atoms with Crippen LogP contribution in [-0.2, 0) is 4.74 Å². The van der Waals surface area contributed by atoms with E-state index in [0.717, 1.165) is 10.0 Å². The zero-order valence-corrected chi connectivity index (χ0v) is 14.1. The van der Waals surface area contributed by atoms with Crippen LogP contribution in [0.5, 0.6) is 0 Å². The molecular formula is C14H13BrCl2N2O. The first-order chi connectivity index (χ1) is 9.52. The first kappa shape index (κ1) is 15.7. The van der Waals surface area contributed by atoms with Crippen molar-refractivity contribution in [1.29, 1.82) is 0 Å². The van der Waals surface area contributed by atoms with E-state index in [1.54, 1.807) is 7.11 Å². The monoisotopic (exact) mass is 374 g/mol. The van der Waals surface area contributed by atoms with Crippen LogP contribution in [0.15, 0.2) is 28.7 Å². The molecule has 1 aromatic heterocycles. The molecule has 0 aliphatic carbocycles. The molecule has 1 heterocycles. The lowest BCUT2D eigenvalue weighted by molar-refractivity contribution is 0.181. The molecule has 2 rings (SSSR count). The summed E-state index contributed by atoms with van der Waals surface area (Å²) in [5.74, 6) is 0.622. The van der Waals surface area contributed by atoms with Gasteiger partial charge in [0.05, 0.1) is 12.2 Å². The molecule has 106 valence electrons. The van der Waals surface area contributed by atoms with Crippen molar-refractivity contribution in [3.63, 3.8) is 0 Å². The van der Waals surface area contributed by atoms with Crippen LogP contribution >= 0.6 is 39.1 Å². The number of ether oxygens (including phenoxy) is 1. The third-order valence-corrected chi connectivity index (χ3v) is 3.90. The van der Waals surface area contributed by atoms with Gasteiger partial charge >= 0.3 is 0 Å². The molecule has 0 amide bonds. The molecule has 6 heteroatoms. The van der Waals surface area contributed by atoms with Crippen LogP contribution in [0.25, 0.3) is 11.1 Å². The van der Waals surface area contributed by atoms with Crippen molar-refractivity contribution in [2.75, 3.05) is 13.7 Å². The molecule has 3 nitrogen and oxygen atoms in total. The minimum absolute atomic E-state index is 0.0361. The van der Waals surface area contributed by atoms with Gasteiger partial charge in [0, 0.05) is 17.5 Å². The predicted octanol–water partition coefficient (Wildman–Crippen LogP) is 4.96. The van der Waals surface area contributed by atoms with Gasteiger partial charge in [-0.05, 0) is 17.7 Å². The fourth-order valence-corrected chi connectivity index (χ4v) is 2.71. The van der Waals surface area contributed by atoms with Gasteiger partial charge in [0.1, 0.15) is 16.1 Å². The lowest BCUT2D eigenvalue weighted by Gasteiger charge is -2.12. The molecule has 20 heavy (non-hydrogen) atoms. The first-order valence-corrected chi connectivity index (χ1v) is 7.55. The summed E-state index contributed by atoms with van der Waals surface area (Å²) in [7, 11) is 1.63. The highest BCUT2D eigenvalue weighted by molar-refractivity contribution is 9.10. The molecular weight excluding hydrogens is 363 g/mol. The molecule has 1 unspecified atom stereocenters. The summed E-state index contributed by atoms with van der Waals surface area (Å²) in [6.07, 6.45) is 0. The number of benzene rings is 1. The van der Waals surface area contributed by atoms with Gasteiger partial charge < -0.3 is 4.74 Å². The number of nitrogens with zero attached hydrogens (tertiary/aromatic N) is 2. The topological polar surface area (TPSA) is 35.0 Å². The fraction of sp³-hybridized carbons (Fsp3) is 0.286. The van der Waals surface area contributed by atoms with Crippen molar-refractivity contribution in [2.45, 2.75) is 12.8 Å². The molecule has 1 atom stereocenters. The molecule has 0 bridgehead atoms. The smallest absolute Gasteiger partial charge is 0.142 e. The van der Waals surface area contributed by atoms with E-state index in [1.165, 1.54) is 0 Å². The van der Waals surface area contributed by atoms with Crippen LogP contribution in [-0.4, -0.2) is 23.7 Å². The molecule has 0 fully saturated rings. The maximum Gasteiger partial charge on any atom is 0.142 e. The van der Waals surface area contributed by atoms with Gasteiger partial charge in [-0.1, -0.05) is 58.2 Å². The highest BCUT2D eigenvalue weighted by Crippen LogP contribution is 2.34. The number of aromatic nitrogens is 2. The largest absolute Gasteiger partial charge is 0.384 e. The van der Waals surface area contributed by atoms with Crippen molar-refractivity contribution >= 4 is 39.1 Å². The fourth-order valence-electron chi connectivity index (χ4n) is 1.82. The molecule has 0 aliphatic heterocycles. The van der Waals surface area contributed by atoms with E-state index in [4.69, 9.17) is 27.9 Å². The highest BCUT2D eigenvalue weighted by Gasteiger charge is 2.17. The van der Waals surface area contributed by atoms with Gasteiger partial charge in [0.25, 0.3) is 0 Å². The number of hydrogen-bond donors (Lipinski definition) is 0. The third kappa shape index (κ3) is 3.50. The first-order valence-electron chi connectivity index (χ1n) is 6.00. The Bertz CT molecular complexity index is 582. The quantitative estimate of drug-likeness (QED) is 0.708. The van der Waals surface area contributed by atoms with Gasteiger partial charge in [-0.3, -0.25) is 0 Å². The van der Waals surface area contributed by atoms with Crippen LogP contribution in [0.2, 0.25) is 10.3 Å². The number of rotatable bonds is 4. The van der Waals surface area contributed by atoms with Gasteiger partial charge in [0.15, 0.2) is 0 Å². The number of hydrogen-bond acceptors (Lipinski definition) is 3. The Balaban J connectivity index is 2.43. The van der Waals surface area contributed by atoms with Crippen LogP contribution in [0.3, 0.4) is 0 Å². The van der Waals surface area contributed by atoms with Crippen molar-refractivity contribution < 1.29 is 4.74 Å². The Kier molecular flexibility index (Phi) is 5.38. The van der Waals surface area contributed by atoms with Crippen LogP contribution < -0.4 is 0 Å². The third-order valence-electron chi connectivity index (χ3n) is 2.83. The number of halogens is 3. The van der Waals surface area contributed by atoms with Crippen LogP contribution in [0.1, 0.15) is 18.7 Å². The van der Waals surface area contributed by atoms with Gasteiger partial charge in [-0.2, -0.15) is 0 Å². The summed E-state index contributed by atoms with van der Waals surface area (Å²) in [6.45, 7) is 2.48. The Hall–Kier alpha value is -0.680. The Morgan fingerprint density at radius 1 is 1.15 bits per heavy atom. The average molecular weight is 376 g/mol. The summed E-state index contributed by atoms with van der Waals surface area (Å²) >= 11 is 15.9. The Labute approximate surface area is 136 Å². The van der Waals surface area contributed by atoms with E-state index in [0.29, 0.717) is 28.3 Å². The summed E-state index contributed by atoms with van der Waals surface area (Å²) in [4.78, 5) is 8.66. The summed E-state index contributed by atoms with van der Waals surface area (Å²) in [5, 5.41) is 0.704. The van der Waals surface area contributed by atoms with Crippen molar-refractivity contribution in [3.05, 3.63) is 44.9 Å². The second-order valence-electron chi connectivity index (χ2n) is 4.40. The minimum Gasteiger partial charge on any atom is -0.384 e. The SMILES string of the molecule is COCC(C)c1nc(Cl)c(-c2ccc(Br)cc2)c(Cl)n1. The van der Waals surface area contributed by atoms with Gasteiger partial charge in [-0.15, -0.1) is 0 Å². The summed E-state index contributed by atoms with van der Waals surface area (Å²) in [5.41, 5.74) is 1.53. The van der Waals surface area contributed by atoms with Crippen LogP contribution in [0, 0.1) is 0 Å².